The minimum atomic E-state index is 0.939. The Morgan fingerprint density at radius 2 is 1.46 bits per heavy atom. The topological polar surface area (TPSA) is 34.0 Å². The third-order valence-electron chi connectivity index (χ3n) is 4.60. The van der Waals surface area contributed by atoms with Crippen LogP contribution in [0.3, 0.4) is 0 Å². The number of hydrogen-bond donors (Lipinski definition) is 0. The summed E-state index contributed by atoms with van der Waals surface area (Å²) in [6, 6.07) is 25.9. The van der Waals surface area contributed by atoms with Crippen molar-refractivity contribution in [3.8, 4) is 16.8 Å². The summed E-state index contributed by atoms with van der Waals surface area (Å²) in [4.78, 5) is 7.37. The van der Waals surface area contributed by atoms with E-state index in [0.717, 1.165) is 11.4 Å². The number of hydrogen-bond acceptors (Lipinski definition) is 4. The van der Waals surface area contributed by atoms with Crippen LogP contribution >= 0.6 is 11.8 Å². The molecule has 140 valence electrons. The molecular formula is C23H22N4S. The first-order valence-corrected chi connectivity index (χ1v) is 10.1. The van der Waals surface area contributed by atoms with Crippen LogP contribution in [0.25, 0.3) is 16.8 Å². The summed E-state index contributed by atoms with van der Waals surface area (Å²) < 4.78 is 1.76. The highest BCUT2D eigenvalue weighted by molar-refractivity contribution is 7.98. The molecule has 0 aliphatic heterocycles. The maximum atomic E-state index is 4.15. The minimum Gasteiger partial charge on any atom is -0.378 e. The van der Waals surface area contributed by atoms with Gasteiger partial charge in [0.05, 0.1) is 5.69 Å². The molecule has 1 heterocycles. The zero-order valence-electron chi connectivity index (χ0n) is 16.0. The Hall–Kier alpha value is -3.05. The average molecular weight is 387 g/mol. The molecule has 28 heavy (non-hydrogen) atoms. The lowest BCUT2D eigenvalue weighted by Gasteiger charge is -2.13. The zero-order chi connectivity index (χ0) is 19.3. The Morgan fingerprint density at radius 3 is 2.04 bits per heavy atom. The third kappa shape index (κ3) is 4.26. The molecule has 0 amide bonds. The summed E-state index contributed by atoms with van der Waals surface area (Å²) in [6.07, 6.45) is 3.25. The summed E-state index contributed by atoms with van der Waals surface area (Å²) in [7, 11) is 4.12. The lowest BCUT2D eigenvalue weighted by atomic mass is 10.1. The van der Waals surface area contributed by atoms with Gasteiger partial charge in [-0.05, 0) is 53.1 Å². The first kappa shape index (κ1) is 18.3. The fourth-order valence-electron chi connectivity index (χ4n) is 2.95. The van der Waals surface area contributed by atoms with Gasteiger partial charge < -0.3 is 4.90 Å². The van der Waals surface area contributed by atoms with E-state index in [1.807, 2.05) is 11.8 Å². The molecule has 0 fully saturated rings. The second kappa shape index (κ2) is 8.31. The van der Waals surface area contributed by atoms with Crippen LogP contribution < -0.4 is 4.90 Å². The molecule has 4 rings (SSSR count). The molecule has 0 radical (unpaired) electrons. The number of benzene rings is 3. The summed E-state index contributed by atoms with van der Waals surface area (Å²) in [5, 5.41) is 4.15. The van der Waals surface area contributed by atoms with Gasteiger partial charge in [-0.1, -0.05) is 36.4 Å². The Labute approximate surface area is 169 Å². The van der Waals surface area contributed by atoms with E-state index in [2.05, 4.69) is 102 Å². The van der Waals surface area contributed by atoms with Crippen LogP contribution in [0.2, 0.25) is 0 Å². The molecule has 0 aliphatic carbocycles. The fourth-order valence-corrected chi connectivity index (χ4v) is 3.80. The molecule has 3 aromatic carbocycles. The molecule has 0 saturated carbocycles. The van der Waals surface area contributed by atoms with Crippen molar-refractivity contribution in [1.29, 1.82) is 0 Å². The third-order valence-corrected chi connectivity index (χ3v) is 5.68. The monoisotopic (exact) mass is 386 g/mol. The van der Waals surface area contributed by atoms with Crippen molar-refractivity contribution >= 4 is 17.4 Å². The van der Waals surface area contributed by atoms with Crippen molar-refractivity contribution < 1.29 is 0 Å². The zero-order valence-corrected chi connectivity index (χ0v) is 16.8. The van der Waals surface area contributed by atoms with E-state index in [1.54, 1.807) is 17.3 Å². The molecule has 0 aliphatic rings. The van der Waals surface area contributed by atoms with Crippen molar-refractivity contribution in [1.82, 2.24) is 14.8 Å². The van der Waals surface area contributed by atoms with Crippen LogP contribution in [0, 0.1) is 0 Å². The van der Waals surface area contributed by atoms with Crippen LogP contribution in [-0.2, 0) is 5.75 Å². The molecule has 4 aromatic rings. The van der Waals surface area contributed by atoms with Crippen molar-refractivity contribution in [3.63, 3.8) is 0 Å². The number of aromatic nitrogens is 3. The van der Waals surface area contributed by atoms with Gasteiger partial charge >= 0.3 is 0 Å². The van der Waals surface area contributed by atoms with Crippen molar-refractivity contribution in [2.75, 3.05) is 19.0 Å². The van der Waals surface area contributed by atoms with Crippen LogP contribution in [0.15, 0.2) is 90.3 Å². The van der Waals surface area contributed by atoms with E-state index in [9.17, 15) is 0 Å². The molecule has 0 N–H and O–H groups in total. The van der Waals surface area contributed by atoms with E-state index in [1.165, 1.54) is 27.3 Å². The van der Waals surface area contributed by atoms with Gasteiger partial charge in [0.15, 0.2) is 0 Å². The normalized spacial score (nSPS) is 10.8. The van der Waals surface area contributed by atoms with E-state index < -0.39 is 0 Å². The first-order chi connectivity index (χ1) is 13.7. The Morgan fingerprint density at radius 1 is 0.821 bits per heavy atom. The van der Waals surface area contributed by atoms with E-state index in [-0.39, 0.29) is 0 Å². The Kier molecular flexibility index (Phi) is 5.44. The van der Waals surface area contributed by atoms with Crippen LogP contribution in [0.1, 0.15) is 5.56 Å². The second-order valence-electron chi connectivity index (χ2n) is 6.76. The van der Waals surface area contributed by atoms with Gasteiger partial charge in [0.1, 0.15) is 12.7 Å². The van der Waals surface area contributed by atoms with Crippen LogP contribution in [0.4, 0.5) is 5.69 Å². The molecule has 1 aromatic heterocycles. The molecule has 0 atom stereocenters. The lowest BCUT2D eigenvalue weighted by Crippen LogP contribution is -2.07. The number of nitrogens with zero attached hydrogens (tertiary/aromatic N) is 4. The second-order valence-corrected chi connectivity index (χ2v) is 7.81. The summed E-state index contributed by atoms with van der Waals surface area (Å²) in [5.41, 5.74) is 6.01. The number of thioether (sulfide) groups is 1. The lowest BCUT2D eigenvalue weighted by molar-refractivity contribution is 0.878. The summed E-state index contributed by atoms with van der Waals surface area (Å²) in [5.74, 6) is 0.939. The van der Waals surface area contributed by atoms with Gasteiger partial charge in [0.25, 0.3) is 0 Å². The van der Waals surface area contributed by atoms with Gasteiger partial charge in [0, 0.05) is 30.4 Å². The predicted octanol–water partition coefficient (Wildman–Crippen LogP) is 5.29. The summed E-state index contributed by atoms with van der Waals surface area (Å²) >= 11 is 1.85. The smallest absolute Gasteiger partial charge is 0.138 e. The Bertz CT molecular complexity index is 1010. The van der Waals surface area contributed by atoms with Gasteiger partial charge in [-0.2, -0.15) is 5.10 Å². The summed E-state index contributed by atoms with van der Waals surface area (Å²) in [6.45, 7) is 0. The van der Waals surface area contributed by atoms with Gasteiger partial charge in [-0.15, -0.1) is 11.8 Å². The molecule has 4 nitrogen and oxygen atoms in total. The van der Waals surface area contributed by atoms with E-state index >= 15 is 0 Å². The fraction of sp³-hybridized carbons (Fsp3) is 0.130. The Balaban J connectivity index is 1.38. The maximum absolute atomic E-state index is 4.15. The SMILES string of the molecule is CN(C)c1ccc(-c2ccc(SCc3ccc(-n4cncn4)cc3)cc2)cc1. The van der Waals surface area contributed by atoms with Gasteiger partial charge in [-0.25, -0.2) is 9.67 Å². The van der Waals surface area contributed by atoms with Gasteiger partial charge in [-0.3, -0.25) is 0 Å². The maximum Gasteiger partial charge on any atom is 0.138 e. The molecule has 5 heteroatoms. The number of anilines is 1. The van der Waals surface area contributed by atoms with Crippen molar-refractivity contribution in [2.45, 2.75) is 10.6 Å². The average Bonchev–Trinajstić information content (AvgIpc) is 3.28. The molecule has 0 saturated heterocycles. The van der Waals surface area contributed by atoms with E-state index in [0.29, 0.717) is 0 Å². The van der Waals surface area contributed by atoms with Crippen LogP contribution in [-0.4, -0.2) is 28.9 Å². The number of rotatable bonds is 6. The molecule has 0 spiro atoms. The predicted molar refractivity (Wildman–Crippen MR) is 117 cm³/mol. The highest BCUT2D eigenvalue weighted by Gasteiger charge is 2.02. The highest BCUT2D eigenvalue weighted by atomic mass is 32.2. The quantitative estimate of drug-likeness (QED) is 0.422. The standard InChI is InChI=1S/C23H22N4S/c1-26(2)21-11-5-19(6-12-21)20-7-13-23(14-8-20)28-15-18-3-9-22(10-4-18)27-17-24-16-25-27/h3-14,16-17H,15H2,1-2H3. The molecule has 0 bridgehead atoms. The largest absolute Gasteiger partial charge is 0.378 e. The first-order valence-electron chi connectivity index (χ1n) is 9.13. The highest BCUT2D eigenvalue weighted by Crippen LogP contribution is 2.27. The van der Waals surface area contributed by atoms with Gasteiger partial charge in [0.2, 0.25) is 0 Å². The van der Waals surface area contributed by atoms with Crippen molar-refractivity contribution in [2.24, 2.45) is 0 Å². The molecular weight excluding hydrogens is 364 g/mol. The van der Waals surface area contributed by atoms with E-state index in [4.69, 9.17) is 0 Å². The van der Waals surface area contributed by atoms with Crippen molar-refractivity contribution in [3.05, 3.63) is 91.0 Å². The van der Waals surface area contributed by atoms with Crippen LogP contribution in [0.5, 0.6) is 0 Å². The minimum absolute atomic E-state index is 0.939. The molecule has 0 unspecified atom stereocenters.